The van der Waals surface area contributed by atoms with Crippen LogP contribution < -0.4 is 5.32 Å². The summed E-state index contributed by atoms with van der Waals surface area (Å²) in [6.07, 6.45) is 4.43. The first-order valence-electron chi connectivity index (χ1n) is 11.6. The van der Waals surface area contributed by atoms with Crippen LogP contribution in [-0.2, 0) is 4.79 Å². The lowest BCUT2D eigenvalue weighted by atomic mass is 9.85. The zero-order chi connectivity index (χ0) is 21.3. The number of aromatic nitrogens is 2. The van der Waals surface area contributed by atoms with E-state index in [2.05, 4.69) is 22.2 Å². The summed E-state index contributed by atoms with van der Waals surface area (Å²) < 4.78 is 28.8. The third-order valence-electron chi connectivity index (χ3n) is 7.31. The van der Waals surface area contributed by atoms with Gasteiger partial charge in [0.2, 0.25) is 5.91 Å². The lowest BCUT2D eigenvalue weighted by Gasteiger charge is -2.41. The Morgan fingerprint density at radius 1 is 1.23 bits per heavy atom. The predicted octanol–water partition coefficient (Wildman–Crippen LogP) is 3.69. The van der Waals surface area contributed by atoms with Gasteiger partial charge in [-0.2, -0.15) is 5.10 Å². The van der Waals surface area contributed by atoms with Crippen molar-refractivity contribution in [3.63, 3.8) is 0 Å². The van der Waals surface area contributed by atoms with E-state index in [0.717, 1.165) is 44.6 Å². The van der Waals surface area contributed by atoms with Crippen LogP contribution in [0.2, 0.25) is 0 Å². The number of nitrogens with one attached hydrogen (secondary N) is 1. The molecule has 3 atom stereocenters. The number of hydrogen-bond donors (Lipinski definition) is 1. The van der Waals surface area contributed by atoms with Gasteiger partial charge >= 0.3 is 0 Å². The van der Waals surface area contributed by atoms with Crippen LogP contribution in [0, 0.1) is 12.8 Å². The fourth-order valence-electron chi connectivity index (χ4n) is 5.56. The van der Waals surface area contributed by atoms with Crippen LogP contribution in [0.3, 0.4) is 0 Å². The van der Waals surface area contributed by atoms with Crippen LogP contribution in [-0.4, -0.2) is 70.2 Å². The molecule has 2 fully saturated rings. The van der Waals surface area contributed by atoms with Crippen molar-refractivity contribution in [1.82, 2.24) is 19.6 Å². The van der Waals surface area contributed by atoms with E-state index in [0.29, 0.717) is 30.7 Å². The molecule has 6 nitrogen and oxygen atoms in total. The molecule has 1 aromatic heterocycles. The number of halogens is 2. The van der Waals surface area contributed by atoms with E-state index < -0.39 is 12.5 Å². The normalized spacial score (nSPS) is 28.4. The van der Waals surface area contributed by atoms with E-state index >= 15 is 0 Å². The number of likely N-dealkylation sites (tertiary alicyclic amines) is 2. The summed E-state index contributed by atoms with van der Waals surface area (Å²) in [7, 11) is 0. The first-order valence-corrected chi connectivity index (χ1v) is 11.6. The lowest BCUT2D eigenvalue weighted by molar-refractivity contribution is -0.134. The Kier molecular flexibility index (Phi) is 6.60. The van der Waals surface area contributed by atoms with Gasteiger partial charge in [0.1, 0.15) is 11.9 Å². The van der Waals surface area contributed by atoms with E-state index in [4.69, 9.17) is 0 Å². The van der Waals surface area contributed by atoms with Crippen LogP contribution in [0.15, 0.2) is 6.07 Å². The smallest absolute Gasteiger partial charge is 0.260 e. The number of nitrogens with zero attached hydrogens (tertiary/aromatic N) is 4. The van der Waals surface area contributed by atoms with Crippen molar-refractivity contribution < 1.29 is 13.6 Å². The molecule has 0 aromatic carbocycles. The Morgan fingerprint density at radius 2 is 2.00 bits per heavy atom. The quantitative estimate of drug-likeness (QED) is 0.785. The fourth-order valence-corrected chi connectivity index (χ4v) is 5.56. The second-order valence-corrected chi connectivity index (χ2v) is 9.25. The SMILES string of the molecule is CC[C@@H]1CCCCN1CC(=O)N1CCC([C@@H]2C[C@H](C(F)F)n3nc(C)cc3N2)CC1. The van der Waals surface area contributed by atoms with Crippen molar-refractivity contribution in [3.8, 4) is 0 Å². The van der Waals surface area contributed by atoms with Gasteiger partial charge in [0, 0.05) is 31.2 Å². The largest absolute Gasteiger partial charge is 0.367 e. The minimum atomic E-state index is -2.43. The molecule has 2 saturated heterocycles. The van der Waals surface area contributed by atoms with E-state index in [1.165, 1.54) is 23.9 Å². The monoisotopic (exact) mass is 423 g/mol. The van der Waals surface area contributed by atoms with Gasteiger partial charge in [0.15, 0.2) is 0 Å². The van der Waals surface area contributed by atoms with Crippen molar-refractivity contribution in [2.24, 2.45) is 5.92 Å². The summed E-state index contributed by atoms with van der Waals surface area (Å²) >= 11 is 0. The number of alkyl halides is 2. The molecule has 30 heavy (non-hydrogen) atoms. The van der Waals surface area contributed by atoms with Gasteiger partial charge in [-0.25, -0.2) is 13.5 Å². The van der Waals surface area contributed by atoms with Gasteiger partial charge < -0.3 is 10.2 Å². The van der Waals surface area contributed by atoms with Gasteiger partial charge in [-0.1, -0.05) is 13.3 Å². The van der Waals surface area contributed by atoms with E-state index in [1.807, 2.05) is 17.9 Å². The van der Waals surface area contributed by atoms with Crippen molar-refractivity contribution >= 4 is 11.7 Å². The van der Waals surface area contributed by atoms with Gasteiger partial charge in [-0.15, -0.1) is 0 Å². The summed E-state index contributed by atoms with van der Waals surface area (Å²) in [4.78, 5) is 17.2. The van der Waals surface area contributed by atoms with Crippen LogP contribution in [0.25, 0.3) is 0 Å². The maximum absolute atomic E-state index is 13.7. The number of fused-ring (bicyclic) bond motifs is 1. The average molecular weight is 424 g/mol. The van der Waals surface area contributed by atoms with Crippen LogP contribution in [0.4, 0.5) is 14.6 Å². The number of anilines is 1. The van der Waals surface area contributed by atoms with E-state index in [1.54, 1.807) is 0 Å². The summed E-state index contributed by atoms with van der Waals surface area (Å²) in [6.45, 7) is 7.04. The Bertz CT molecular complexity index is 731. The van der Waals surface area contributed by atoms with Gasteiger partial charge in [-0.05, 0) is 57.9 Å². The maximum Gasteiger partial charge on any atom is 0.260 e. The zero-order valence-corrected chi connectivity index (χ0v) is 18.2. The minimum absolute atomic E-state index is 0.0106. The minimum Gasteiger partial charge on any atom is -0.367 e. The summed E-state index contributed by atoms with van der Waals surface area (Å²) in [5.41, 5.74) is 0.757. The molecular formula is C22H35F2N5O. The highest BCUT2D eigenvalue weighted by atomic mass is 19.3. The lowest BCUT2D eigenvalue weighted by Crippen LogP contribution is -2.50. The number of carbonyl (C=O) groups is 1. The van der Waals surface area contributed by atoms with Crippen molar-refractivity contribution in [2.75, 3.05) is 31.5 Å². The highest BCUT2D eigenvalue weighted by molar-refractivity contribution is 5.78. The van der Waals surface area contributed by atoms with Crippen molar-refractivity contribution in [1.29, 1.82) is 0 Å². The maximum atomic E-state index is 13.7. The summed E-state index contributed by atoms with van der Waals surface area (Å²) in [5.74, 6) is 1.23. The second-order valence-electron chi connectivity index (χ2n) is 9.25. The molecule has 3 aliphatic rings. The highest BCUT2D eigenvalue weighted by Crippen LogP contribution is 2.37. The van der Waals surface area contributed by atoms with Crippen LogP contribution in [0.5, 0.6) is 0 Å². The van der Waals surface area contributed by atoms with Crippen LogP contribution in [0.1, 0.15) is 63.6 Å². The summed E-state index contributed by atoms with van der Waals surface area (Å²) in [5, 5.41) is 7.70. The van der Waals surface area contributed by atoms with E-state index in [9.17, 15) is 13.6 Å². The Hall–Kier alpha value is -1.70. The topological polar surface area (TPSA) is 53.4 Å². The van der Waals surface area contributed by atoms with Crippen molar-refractivity contribution in [3.05, 3.63) is 11.8 Å². The third-order valence-corrected chi connectivity index (χ3v) is 7.31. The Balaban J connectivity index is 1.32. The number of hydrogen-bond acceptors (Lipinski definition) is 4. The third kappa shape index (κ3) is 4.48. The number of aryl methyl sites for hydroxylation is 1. The summed E-state index contributed by atoms with van der Waals surface area (Å²) in [6, 6.07) is 1.52. The molecule has 0 saturated carbocycles. The molecule has 0 bridgehead atoms. The van der Waals surface area contributed by atoms with Gasteiger partial charge in [-0.3, -0.25) is 9.69 Å². The molecule has 8 heteroatoms. The molecule has 168 valence electrons. The second kappa shape index (κ2) is 9.20. The highest BCUT2D eigenvalue weighted by Gasteiger charge is 2.38. The molecule has 1 aromatic rings. The molecular weight excluding hydrogens is 388 g/mol. The Labute approximate surface area is 178 Å². The molecule has 0 spiro atoms. The first kappa shape index (κ1) is 21.5. The number of carbonyl (C=O) groups excluding carboxylic acids is 1. The molecule has 4 rings (SSSR count). The number of rotatable bonds is 5. The number of amides is 1. The molecule has 0 unspecified atom stereocenters. The zero-order valence-electron chi connectivity index (χ0n) is 18.2. The molecule has 4 heterocycles. The van der Waals surface area contributed by atoms with Crippen molar-refractivity contribution in [2.45, 2.75) is 83.3 Å². The molecule has 0 aliphatic carbocycles. The van der Waals surface area contributed by atoms with E-state index in [-0.39, 0.29) is 11.9 Å². The van der Waals surface area contributed by atoms with Gasteiger partial charge in [0.25, 0.3) is 6.43 Å². The predicted molar refractivity (Wildman–Crippen MR) is 113 cm³/mol. The Morgan fingerprint density at radius 3 is 2.70 bits per heavy atom. The molecule has 0 radical (unpaired) electrons. The molecule has 1 amide bonds. The average Bonchev–Trinajstić information content (AvgIpc) is 3.13. The van der Waals surface area contributed by atoms with Gasteiger partial charge in [0.05, 0.1) is 12.2 Å². The molecule has 3 aliphatic heterocycles. The number of piperidine rings is 2. The van der Waals surface area contributed by atoms with Crippen LogP contribution >= 0.6 is 0 Å². The standard InChI is InChI=1S/C22H35F2N5O/c1-3-17-6-4-5-9-28(17)14-21(30)27-10-7-16(8-11-27)18-13-19(22(23)24)29-20(25-18)12-15(2)26-29/h12,16-19,22,25H,3-11,13-14H2,1-2H3/t17-,18+,19-/m1/s1. The first-order chi connectivity index (χ1) is 14.5. The fraction of sp³-hybridized carbons (Fsp3) is 0.818. The molecule has 1 N–H and O–H groups in total.